The van der Waals surface area contributed by atoms with Crippen molar-refractivity contribution in [2.45, 2.75) is 77.1 Å². The molecular weight excluding hydrogens is 662 g/mol. The fourth-order valence-corrected chi connectivity index (χ4v) is 9.49. The van der Waals surface area contributed by atoms with Gasteiger partial charge in [0.2, 0.25) is 0 Å². The number of ether oxygens (including phenoxy) is 2. The van der Waals surface area contributed by atoms with E-state index in [1.165, 1.54) is 0 Å². The Hall–Kier alpha value is -3.88. The van der Waals surface area contributed by atoms with Gasteiger partial charge in [-0.05, 0) is 73.6 Å². The number of pyridine rings is 1. The van der Waals surface area contributed by atoms with E-state index in [2.05, 4.69) is 37.1 Å². The Kier molecular flexibility index (Phi) is 10.2. The van der Waals surface area contributed by atoms with Crippen molar-refractivity contribution in [1.82, 2.24) is 24.8 Å². The van der Waals surface area contributed by atoms with E-state index in [1.807, 2.05) is 31.5 Å². The first kappa shape index (κ1) is 36.5. The second kappa shape index (κ2) is 14.5. The van der Waals surface area contributed by atoms with Crippen LogP contribution in [0.4, 0.5) is 0 Å². The number of allylic oxidation sites excluding steroid dienone is 1. The number of ketones is 1. The van der Waals surface area contributed by atoms with E-state index in [-0.39, 0.29) is 42.1 Å². The van der Waals surface area contributed by atoms with E-state index >= 15 is 0 Å². The third-order valence-electron chi connectivity index (χ3n) is 12.6. The van der Waals surface area contributed by atoms with Crippen molar-refractivity contribution in [1.29, 1.82) is 0 Å². The molecule has 13 heteroatoms. The number of carbonyl (C=O) groups excluding carboxylic acids is 2. The van der Waals surface area contributed by atoms with Crippen molar-refractivity contribution in [2.24, 2.45) is 39.7 Å². The zero-order chi connectivity index (χ0) is 36.8. The van der Waals surface area contributed by atoms with Crippen LogP contribution >= 0.6 is 0 Å². The standard InChI is InChI=1S/C39H51N7O6/c1-23-28(38(3)7-6-34(49)39(4,21-47)33(38)18-31(23)46-10-12-51-13-11-46)17-29(44-24(2)32(48)19-35-40-8-9-41-35)27-16-26(52-37(27)50)14-25-15-30-36(42-20-25)45(5)22-43-30/h8,14-16,20,22,24,28-29,31,33-34,44,47,49H,1,6-7,9-13,17-19,21H2,2-5H3/b26-14+/t24?,28?,29?,31?,33?,34-,38-,39+/m1/s1. The number of aliphatic hydroxyl groups is 2. The maximum Gasteiger partial charge on any atom is 0.341 e. The van der Waals surface area contributed by atoms with Gasteiger partial charge >= 0.3 is 5.97 Å². The molecule has 1 saturated heterocycles. The highest BCUT2D eigenvalue weighted by atomic mass is 16.5. The summed E-state index contributed by atoms with van der Waals surface area (Å²) >= 11 is 0. The summed E-state index contributed by atoms with van der Waals surface area (Å²) in [5.41, 5.74) is 2.67. The molecule has 13 nitrogen and oxygen atoms in total. The lowest BCUT2D eigenvalue weighted by molar-refractivity contribution is -0.163. The highest BCUT2D eigenvalue weighted by Gasteiger charge is 2.60. The van der Waals surface area contributed by atoms with Gasteiger partial charge in [0.25, 0.3) is 0 Å². The summed E-state index contributed by atoms with van der Waals surface area (Å²) in [6.07, 6.45) is 10.6. The van der Waals surface area contributed by atoms with Gasteiger partial charge < -0.3 is 29.6 Å². The Balaban J connectivity index is 1.25. The quantitative estimate of drug-likeness (QED) is 0.233. The lowest BCUT2D eigenvalue weighted by Crippen LogP contribution is -2.62. The van der Waals surface area contributed by atoms with Gasteiger partial charge in [0.1, 0.15) is 17.1 Å². The molecule has 7 rings (SSSR count). The van der Waals surface area contributed by atoms with E-state index in [1.54, 1.807) is 30.9 Å². The molecule has 0 bridgehead atoms. The Morgan fingerprint density at radius 1 is 1.25 bits per heavy atom. The Morgan fingerprint density at radius 3 is 2.77 bits per heavy atom. The zero-order valence-corrected chi connectivity index (χ0v) is 30.6. The first-order valence-electron chi connectivity index (χ1n) is 18.5. The molecule has 5 aliphatic rings. The van der Waals surface area contributed by atoms with Gasteiger partial charge in [0, 0.05) is 50.0 Å². The van der Waals surface area contributed by atoms with Gasteiger partial charge in [-0.15, -0.1) is 0 Å². The van der Waals surface area contributed by atoms with Crippen LogP contribution in [0.3, 0.4) is 0 Å². The summed E-state index contributed by atoms with van der Waals surface area (Å²) in [6, 6.07) is 0.717. The number of aryl methyl sites for hydroxylation is 1. The number of cyclic esters (lactones) is 1. The molecule has 3 N–H and O–H groups in total. The highest BCUT2D eigenvalue weighted by molar-refractivity contribution is 6.07. The van der Waals surface area contributed by atoms with Crippen LogP contribution in [0.2, 0.25) is 0 Å². The minimum atomic E-state index is -0.713. The number of aromatic nitrogens is 3. The summed E-state index contributed by atoms with van der Waals surface area (Å²) in [4.78, 5) is 47.3. The van der Waals surface area contributed by atoms with Crippen LogP contribution in [0.15, 0.2) is 58.1 Å². The number of hydrogen-bond acceptors (Lipinski definition) is 12. The third-order valence-corrected chi connectivity index (χ3v) is 12.6. The number of aliphatic hydroxyl groups excluding tert-OH is 2. The van der Waals surface area contributed by atoms with Crippen molar-refractivity contribution >= 4 is 41.0 Å². The zero-order valence-electron chi connectivity index (χ0n) is 30.6. The maximum absolute atomic E-state index is 13.8. The fourth-order valence-electron chi connectivity index (χ4n) is 9.49. The number of fused-ring (bicyclic) bond motifs is 2. The summed E-state index contributed by atoms with van der Waals surface area (Å²) < 4.78 is 13.4. The predicted molar refractivity (Wildman–Crippen MR) is 198 cm³/mol. The van der Waals surface area contributed by atoms with Gasteiger partial charge in [0.15, 0.2) is 11.4 Å². The van der Waals surface area contributed by atoms with Crippen LogP contribution in [0, 0.1) is 22.7 Å². The number of aliphatic imine (C=N–C) groups is 2. The molecule has 3 fully saturated rings. The molecule has 3 aliphatic heterocycles. The Morgan fingerprint density at radius 2 is 2.04 bits per heavy atom. The van der Waals surface area contributed by atoms with Crippen LogP contribution < -0.4 is 5.32 Å². The average molecular weight is 714 g/mol. The minimum Gasteiger partial charge on any atom is -0.423 e. The van der Waals surface area contributed by atoms with Crippen molar-refractivity contribution in [2.75, 3.05) is 39.5 Å². The summed E-state index contributed by atoms with van der Waals surface area (Å²) in [7, 11) is 1.88. The number of amidine groups is 1. The van der Waals surface area contributed by atoms with Gasteiger partial charge in [0.05, 0.1) is 56.8 Å². The van der Waals surface area contributed by atoms with Gasteiger partial charge in [-0.1, -0.05) is 26.0 Å². The molecule has 278 valence electrons. The van der Waals surface area contributed by atoms with E-state index < -0.39 is 29.6 Å². The first-order valence-corrected chi connectivity index (χ1v) is 18.5. The predicted octanol–water partition coefficient (Wildman–Crippen LogP) is 3.02. The molecule has 2 aromatic rings. The fraction of sp³-hybridized carbons (Fsp3) is 0.590. The molecule has 0 radical (unpaired) electrons. The number of nitrogens with one attached hydrogen (secondary N) is 1. The van der Waals surface area contributed by atoms with Gasteiger partial charge in [-0.2, -0.15) is 0 Å². The highest BCUT2D eigenvalue weighted by Crippen LogP contribution is 2.62. The van der Waals surface area contributed by atoms with Crippen LogP contribution in [0.5, 0.6) is 0 Å². The smallest absolute Gasteiger partial charge is 0.341 e. The molecule has 5 heterocycles. The summed E-state index contributed by atoms with van der Waals surface area (Å²) in [5, 5.41) is 25.7. The van der Waals surface area contributed by atoms with Crippen LogP contribution in [0.1, 0.15) is 58.4 Å². The number of esters is 1. The van der Waals surface area contributed by atoms with Crippen molar-refractivity contribution < 1.29 is 29.3 Å². The number of Topliss-reactive ketones (excluding diaryl/α,β-unsaturated/α-hetero) is 1. The number of carbonyl (C=O) groups is 2. The lowest BCUT2D eigenvalue weighted by Gasteiger charge is -2.62. The SMILES string of the molecule is C=C1C(N2CCOCC2)CC2[C@](C)(CC[C@@H](O)[C@@]2(C)CO)C1CC(NC(C)C(=O)CC1=NCC=N1)C1=C/C(=C\c2cnc3c(c2)ncn3C)OC1=O. The number of morpholine rings is 1. The second-order valence-corrected chi connectivity index (χ2v) is 15.7. The van der Waals surface area contributed by atoms with E-state index in [4.69, 9.17) is 16.1 Å². The Labute approximate surface area is 304 Å². The normalized spacial score (nSPS) is 32.8. The molecule has 5 unspecified atom stereocenters. The van der Waals surface area contributed by atoms with Crippen LogP contribution in [-0.2, 0) is 26.1 Å². The largest absolute Gasteiger partial charge is 0.423 e. The minimum absolute atomic E-state index is 0.00933. The number of imidazole rings is 1. The molecule has 0 amide bonds. The van der Waals surface area contributed by atoms with Gasteiger partial charge in [-0.3, -0.25) is 14.7 Å². The topological polar surface area (TPSA) is 164 Å². The van der Waals surface area contributed by atoms with Crippen molar-refractivity contribution in [3.63, 3.8) is 0 Å². The van der Waals surface area contributed by atoms with Crippen LogP contribution in [0.25, 0.3) is 17.2 Å². The molecule has 0 aromatic carbocycles. The first-order chi connectivity index (χ1) is 24.9. The monoisotopic (exact) mass is 713 g/mol. The van der Waals surface area contributed by atoms with Crippen molar-refractivity contribution in [3.8, 4) is 0 Å². The third kappa shape index (κ3) is 6.73. The number of hydrogen-bond donors (Lipinski definition) is 3. The molecule has 52 heavy (non-hydrogen) atoms. The van der Waals surface area contributed by atoms with Crippen molar-refractivity contribution in [3.05, 3.63) is 53.7 Å². The molecule has 0 spiro atoms. The molecule has 2 aliphatic carbocycles. The Bertz CT molecular complexity index is 1860. The van der Waals surface area contributed by atoms with Crippen LogP contribution in [-0.4, -0.2) is 117 Å². The molecule has 2 aromatic heterocycles. The molecule has 2 saturated carbocycles. The number of rotatable bonds is 11. The number of nitrogens with zero attached hydrogens (tertiary/aromatic N) is 6. The van der Waals surface area contributed by atoms with E-state index in [0.29, 0.717) is 49.8 Å². The second-order valence-electron chi connectivity index (χ2n) is 15.7. The summed E-state index contributed by atoms with van der Waals surface area (Å²) in [5.74, 6) is 0.192. The average Bonchev–Trinajstić information content (AvgIpc) is 3.88. The lowest BCUT2D eigenvalue weighted by atomic mass is 9.45. The van der Waals surface area contributed by atoms with E-state index in [0.717, 1.165) is 48.2 Å². The molecular formula is C39H51N7O6. The molecule has 8 atom stereocenters. The van der Waals surface area contributed by atoms with Gasteiger partial charge in [-0.25, -0.2) is 19.8 Å². The van der Waals surface area contributed by atoms with E-state index in [9.17, 15) is 19.8 Å². The maximum atomic E-state index is 13.8. The summed E-state index contributed by atoms with van der Waals surface area (Å²) in [6.45, 7) is 14.0.